The van der Waals surface area contributed by atoms with E-state index in [-0.39, 0.29) is 38.1 Å². The van der Waals surface area contributed by atoms with E-state index in [1.165, 1.54) is 27.7 Å². The molecule has 0 bridgehead atoms. The lowest BCUT2D eigenvalue weighted by molar-refractivity contribution is 0.102. The van der Waals surface area contributed by atoms with Crippen molar-refractivity contribution in [1.29, 1.82) is 0 Å². The molecule has 0 aliphatic carbocycles. The van der Waals surface area contributed by atoms with Gasteiger partial charge in [0.2, 0.25) is 0 Å². The topological polar surface area (TPSA) is 102 Å². The maximum atomic E-state index is 13.1. The van der Waals surface area contributed by atoms with Crippen LogP contribution in [0.3, 0.4) is 0 Å². The van der Waals surface area contributed by atoms with E-state index >= 15 is 0 Å². The van der Waals surface area contributed by atoms with Crippen LogP contribution in [-0.4, -0.2) is 30.3 Å². The van der Waals surface area contributed by atoms with E-state index in [4.69, 9.17) is 23.2 Å². The van der Waals surface area contributed by atoms with E-state index in [2.05, 4.69) is 15.4 Å². The van der Waals surface area contributed by atoms with E-state index < -0.39 is 5.91 Å². The summed E-state index contributed by atoms with van der Waals surface area (Å²) in [5.41, 5.74) is 1.04. The van der Waals surface area contributed by atoms with Crippen LogP contribution >= 0.6 is 23.2 Å². The number of nitrogens with one attached hydrogen (secondary N) is 1. The minimum Gasteiger partial charge on any atom is -0.505 e. The van der Waals surface area contributed by atoms with Crippen molar-refractivity contribution >= 4 is 46.0 Å². The summed E-state index contributed by atoms with van der Waals surface area (Å²) in [6.45, 7) is 0.327. The third kappa shape index (κ3) is 3.62. The summed E-state index contributed by atoms with van der Waals surface area (Å²) in [6, 6.07) is 12.0. The van der Waals surface area contributed by atoms with Gasteiger partial charge in [0.05, 0.1) is 16.6 Å². The number of hydrogen-bond acceptors (Lipinski definition) is 5. The lowest BCUT2D eigenvalue weighted by Crippen LogP contribution is -2.22. The maximum absolute atomic E-state index is 13.1. The fourth-order valence-electron chi connectivity index (χ4n) is 3.04. The normalized spacial score (nSPS) is 11.0. The van der Waals surface area contributed by atoms with Crippen molar-refractivity contribution in [3.05, 3.63) is 80.3 Å². The number of benzene rings is 2. The highest BCUT2D eigenvalue weighted by molar-refractivity contribution is 6.37. The molecule has 0 radical (unpaired) electrons. The number of carbonyl (C=O) groups excluding carboxylic acids is 1. The largest absolute Gasteiger partial charge is 0.505 e. The molecular weight excluding hydrogens is 429 g/mol. The zero-order valence-electron chi connectivity index (χ0n) is 15.6. The maximum Gasteiger partial charge on any atom is 0.266 e. The number of anilines is 1. The Bertz CT molecular complexity index is 1310. The second kappa shape index (κ2) is 7.81. The molecule has 2 N–H and O–H groups in total. The van der Waals surface area contributed by atoms with Crippen molar-refractivity contribution in [2.75, 3.05) is 5.32 Å². The fraction of sp³-hybridized carbons (Fsp3) is 0.100. The Morgan fingerprint density at radius 2 is 1.83 bits per heavy atom. The number of amides is 1. The molecule has 0 atom stereocenters. The van der Waals surface area contributed by atoms with Crippen LogP contribution in [0, 0.1) is 0 Å². The molecule has 10 heteroatoms. The van der Waals surface area contributed by atoms with Gasteiger partial charge in [-0.2, -0.15) is 5.10 Å². The first-order chi connectivity index (χ1) is 14.3. The quantitative estimate of drug-likeness (QED) is 0.502. The van der Waals surface area contributed by atoms with Crippen LogP contribution in [0.15, 0.2) is 53.6 Å². The first kappa shape index (κ1) is 19.9. The second-order valence-electron chi connectivity index (χ2n) is 6.58. The lowest BCUT2D eigenvalue weighted by Gasteiger charge is -2.07. The molecule has 30 heavy (non-hydrogen) atoms. The standard InChI is InChI=1S/C20H15Cl2N5O3/c1-26-18-15(20(30)27(10-23-18)9-11-5-3-2-4-6-11)17(25-26)24-19(29)12-7-13(21)16(28)14(22)8-12/h2-8,10,28H,9H2,1H3,(H,24,25,29). The molecule has 2 heterocycles. The Kier molecular flexibility index (Phi) is 5.19. The average molecular weight is 444 g/mol. The number of aromatic hydroxyl groups is 1. The predicted molar refractivity (Wildman–Crippen MR) is 114 cm³/mol. The van der Waals surface area contributed by atoms with Gasteiger partial charge in [0.25, 0.3) is 11.5 Å². The number of phenols is 1. The first-order valence-corrected chi connectivity index (χ1v) is 9.56. The van der Waals surface area contributed by atoms with E-state index in [1.54, 1.807) is 7.05 Å². The van der Waals surface area contributed by atoms with Crippen LogP contribution < -0.4 is 10.9 Å². The number of phenolic OH excluding ortho intramolecular Hbond substituents is 1. The minimum absolute atomic E-state index is 0.0644. The molecule has 4 aromatic rings. The summed E-state index contributed by atoms with van der Waals surface area (Å²) < 4.78 is 2.86. The van der Waals surface area contributed by atoms with Gasteiger partial charge in [0.1, 0.15) is 11.7 Å². The summed E-state index contributed by atoms with van der Waals surface area (Å²) in [6.07, 6.45) is 1.45. The number of fused-ring (bicyclic) bond motifs is 1. The van der Waals surface area contributed by atoms with Crippen molar-refractivity contribution in [3.63, 3.8) is 0 Å². The molecule has 4 rings (SSSR count). The molecule has 0 fully saturated rings. The van der Waals surface area contributed by atoms with Crippen molar-refractivity contribution < 1.29 is 9.90 Å². The van der Waals surface area contributed by atoms with Gasteiger partial charge < -0.3 is 10.4 Å². The molecule has 152 valence electrons. The molecule has 2 aromatic heterocycles. The molecular formula is C20H15Cl2N5O3. The molecule has 0 saturated carbocycles. The van der Waals surface area contributed by atoms with Crippen LogP contribution in [0.1, 0.15) is 15.9 Å². The number of halogens is 2. The van der Waals surface area contributed by atoms with Gasteiger partial charge in [-0.1, -0.05) is 53.5 Å². The Hall–Kier alpha value is -3.36. The Morgan fingerprint density at radius 1 is 1.17 bits per heavy atom. The molecule has 0 saturated heterocycles. The van der Waals surface area contributed by atoms with Gasteiger partial charge in [-0.3, -0.25) is 14.2 Å². The summed E-state index contributed by atoms with van der Waals surface area (Å²) in [7, 11) is 1.63. The number of nitrogens with zero attached hydrogens (tertiary/aromatic N) is 4. The zero-order chi connectivity index (χ0) is 21.4. The SMILES string of the molecule is Cn1nc(NC(=O)c2cc(Cl)c(O)c(Cl)c2)c2c(=O)n(Cc3ccccc3)cnc21. The van der Waals surface area contributed by atoms with Crippen molar-refractivity contribution in [3.8, 4) is 5.75 Å². The summed E-state index contributed by atoms with van der Waals surface area (Å²) in [4.78, 5) is 30.1. The lowest BCUT2D eigenvalue weighted by atomic mass is 10.2. The monoisotopic (exact) mass is 443 g/mol. The Balaban J connectivity index is 1.73. The first-order valence-electron chi connectivity index (χ1n) is 8.80. The summed E-state index contributed by atoms with van der Waals surface area (Å²) >= 11 is 11.8. The molecule has 0 aliphatic rings. The van der Waals surface area contributed by atoms with Gasteiger partial charge in [0, 0.05) is 12.6 Å². The number of hydrogen-bond donors (Lipinski definition) is 2. The molecule has 1 amide bonds. The van der Waals surface area contributed by atoms with Crippen LogP contribution in [0.4, 0.5) is 5.82 Å². The third-order valence-corrected chi connectivity index (χ3v) is 5.09. The average Bonchev–Trinajstić information content (AvgIpc) is 3.04. The van der Waals surface area contributed by atoms with E-state index in [0.717, 1.165) is 5.56 Å². The molecule has 0 unspecified atom stereocenters. The van der Waals surface area contributed by atoms with Crippen molar-refractivity contribution in [1.82, 2.24) is 19.3 Å². The van der Waals surface area contributed by atoms with Gasteiger partial charge in [-0.15, -0.1) is 0 Å². The Morgan fingerprint density at radius 3 is 2.50 bits per heavy atom. The number of aryl methyl sites for hydroxylation is 1. The van der Waals surface area contributed by atoms with Crippen molar-refractivity contribution in [2.45, 2.75) is 6.54 Å². The highest BCUT2D eigenvalue weighted by Gasteiger charge is 2.19. The van der Waals surface area contributed by atoms with E-state index in [0.29, 0.717) is 12.2 Å². The molecule has 8 nitrogen and oxygen atoms in total. The Labute approximate surface area is 180 Å². The number of carbonyl (C=O) groups is 1. The smallest absolute Gasteiger partial charge is 0.266 e. The highest BCUT2D eigenvalue weighted by Crippen LogP contribution is 2.33. The second-order valence-corrected chi connectivity index (χ2v) is 7.39. The summed E-state index contributed by atoms with van der Waals surface area (Å²) in [5.74, 6) is -0.833. The zero-order valence-corrected chi connectivity index (χ0v) is 17.1. The van der Waals surface area contributed by atoms with Crippen LogP contribution in [0.25, 0.3) is 11.0 Å². The van der Waals surface area contributed by atoms with Gasteiger partial charge in [0.15, 0.2) is 17.2 Å². The number of aromatic nitrogens is 4. The van der Waals surface area contributed by atoms with Crippen molar-refractivity contribution in [2.24, 2.45) is 7.05 Å². The van der Waals surface area contributed by atoms with Crippen LogP contribution in [-0.2, 0) is 13.6 Å². The fourth-order valence-corrected chi connectivity index (χ4v) is 3.52. The van der Waals surface area contributed by atoms with Gasteiger partial charge in [-0.05, 0) is 17.7 Å². The highest BCUT2D eigenvalue weighted by atomic mass is 35.5. The molecule has 0 aliphatic heterocycles. The van der Waals surface area contributed by atoms with E-state index in [9.17, 15) is 14.7 Å². The minimum atomic E-state index is -0.586. The third-order valence-electron chi connectivity index (χ3n) is 4.52. The van der Waals surface area contributed by atoms with E-state index in [1.807, 2.05) is 30.3 Å². The number of rotatable bonds is 4. The van der Waals surface area contributed by atoms with Gasteiger partial charge in [-0.25, -0.2) is 9.67 Å². The molecule has 0 spiro atoms. The summed E-state index contributed by atoms with van der Waals surface area (Å²) in [5, 5.41) is 16.5. The van der Waals surface area contributed by atoms with Crippen LogP contribution in [0.2, 0.25) is 10.0 Å². The molecule has 2 aromatic carbocycles. The predicted octanol–water partition coefficient (Wildman–Crippen LogP) is 3.44. The van der Waals surface area contributed by atoms with Crippen LogP contribution in [0.5, 0.6) is 5.75 Å². The van der Waals surface area contributed by atoms with Gasteiger partial charge >= 0.3 is 0 Å².